The third-order valence-electron chi connectivity index (χ3n) is 4.78. The van der Waals surface area contributed by atoms with Crippen LogP contribution >= 0.6 is 0 Å². The number of fused-ring (bicyclic) bond motifs is 2. The molecule has 4 rings (SSSR count). The number of nitrogens with zero attached hydrogens (tertiary/aromatic N) is 2. The molecule has 1 aliphatic heterocycles. The first kappa shape index (κ1) is 17.4. The van der Waals surface area contributed by atoms with E-state index in [1.807, 2.05) is 47.9 Å². The fourth-order valence-electron chi connectivity index (χ4n) is 3.44. The Hall–Kier alpha value is -3.02. The van der Waals surface area contributed by atoms with Gasteiger partial charge in [-0.2, -0.15) is 0 Å². The summed E-state index contributed by atoms with van der Waals surface area (Å²) in [5.41, 5.74) is 3.69. The van der Waals surface area contributed by atoms with Crippen LogP contribution in [0.25, 0.3) is 11.0 Å². The van der Waals surface area contributed by atoms with Crippen LogP contribution in [0.5, 0.6) is 11.5 Å². The molecular formula is C21H23N3O3. The molecule has 2 heterocycles. The van der Waals surface area contributed by atoms with Crippen LogP contribution < -0.4 is 14.8 Å². The zero-order valence-electron chi connectivity index (χ0n) is 15.6. The zero-order chi connectivity index (χ0) is 18.8. The van der Waals surface area contributed by atoms with Crippen molar-refractivity contribution in [2.45, 2.75) is 33.2 Å². The normalized spacial score (nSPS) is 13.0. The molecule has 0 saturated carbocycles. The van der Waals surface area contributed by atoms with Crippen LogP contribution in [0, 0.1) is 0 Å². The van der Waals surface area contributed by atoms with Gasteiger partial charge >= 0.3 is 0 Å². The topological polar surface area (TPSA) is 65.4 Å². The predicted molar refractivity (Wildman–Crippen MR) is 105 cm³/mol. The van der Waals surface area contributed by atoms with E-state index in [1.165, 1.54) is 0 Å². The van der Waals surface area contributed by atoms with Crippen LogP contribution in [0.1, 0.15) is 25.2 Å². The Bertz CT molecular complexity index is 994. The van der Waals surface area contributed by atoms with Crippen LogP contribution in [0.4, 0.5) is 5.69 Å². The molecule has 0 fully saturated rings. The number of ether oxygens (including phenoxy) is 2. The van der Waals surface area contributed by atoms with Crippen molar-refractivity contribution >= 4 is 22.6 Å². The third kappa shape index (κ3) is 3.35. The summed E-state index contributed by atoms with van der Waals surface area (Å²) in [6.07, 6.45) is 1.61. The Morgan fingerprint density at radius 1 is 1.11 bits per heavy atom. The van der Waals surface area contributed by atoms with Crippen LogP contribution in [0.15, 0.2) is 36.4 Å². The molecule has 0 saturated heterocycles. The lowest BCUT2D eigenvalue weighted by atomic mass is 10.1. The first-order valence-corrected chi connectivity index (χ1v) is 9.36. The molecule has 6 nitrogen and oxygen atoms in total. The number of hydrogen-bond donors (Lipinski definition) is 1. The second-order valence-electron chi connectivity index (χ2n) is 6.51. The van der Waals surface area contributed by atoms with Crippen LogP contribution in [-0.2, 0) is 24.2 Å². The summed E-state index contributed by atoms with van der Waals surface area (Å²) in [6.45, 7) is 5.39. The molecule has 1 amide bonds. The number of nitrogens with one attached hydrogen (secondary N) is 1. The van der Waals surface area contributed by atoms with Crippen LogP contribution in [-0.4, -0.2) is 28.7 Å². The lowest BCUT2D eigenvalue weighted by Gasteiger charge is -2.18. The van der Waals surface area contributed by atoms with Crippen molar-refractivity contribution in [2.24, 2.45) is 0 Å². The van der Waals surface area contributed by atoms with Gasteiger partial charge in [0.25, 0.3) is 0 Å². The molecule has 1 N–H and O–H groups in total. The van der Waals surface area contributed by atoms with E-state index in [0.29, 0.717) is 24.7 Å². The van der Waals surface area contributed by atoms with Crippen molar-refractivity contribution in [3.63, 3.8) is 0 Å². The number of aryl methyl sites for hydroxylation is 2. The molecule has 3 aromatic rings. The van der Waals surface area contributed by atoms with Crippen molar-refractivity contribution in [1.82, 2.24) is 9.55 Å². The Labute approximate surface area is 158 Å². The molecule has 6 heteroatoms. The first-order valence-electron chi connectivity index (χ1n) is 9.36. The Morgan fingerprint density at radius 3 is 2.59 bits per heavy atom. The average Bonchev–Trinajstić information content (AvgIpc) is 3.03. The van der Waals surface area contributed by atoms with Gasteiger partial charge in [0.2, 0.25) is 5.91 Å². The maximum absolute atomic E-state index is 12.7. The highest BCUT2D eigenvalue weighted by molar-refractivity contribution is 5.92. The smallest absolute Gasteiger partial charge is 0.244 e. The van der Waals surface area contributed by atoms with E-state index in [2.05, 4.69) is 17.2 Å². The lowest BCUT2D eigenvalue weighted by molar-refractivity contribution is -0.116. The summed E-state index contributed by atoms with van der Waals surface area (Å²) in [4.78, 5) is 17.4. The minimum Gasteiger partial charge on any atom is -0.486 e. The highest BCUT2D eigenvalue weighted by Gasteiger charge is 2.19. The van der Waals surface area contributed by atoms with Crippen LogP contribution in [0.3, 0.4) is 0 Å². The van der Waals surface area contributed by atoms with E-state index in [1.54, 1.807) is 0 Å². The first-order chi connectivity index (χ1) is 13.2. The lowest BCUT2D eigenvalue weighted by Crippen LogP contribution is -2.21. The molecule has 1 aromatic heterocycles. The number of imidazole rings is 1. The quantitative estimate of drug-likeness (QED) is 0.751. The monoisotopic (exact) mass is 365 g/mol. The van der Waals surface area contributed by atoms with Gasteiger partial charge in [0.05, 0.1) is 11.0 Å². The average molecular weight is 365 g/mol. The maximum Gasteiger partial charge on any atom is 0.244 e. The highest BCUT2D eigenvalue weighted by atomic mass is 16.6. The van der Waals surface area contributed by atoms with Crippen molar-refractivity contribution in [3.05, 3.63) is 47.8 Å². The van der Waals surface area contributed by atoms with E-state index in [4.69, 9.17) is 9.47 Å². The number of benzene rings is 2. The zero-order valence-corrected chi connectivity index (χ0v) is 15.6. The van der Waals surface area contributed by atoms with Gasteiger partial charge in [0.15, 0.2) is 11.5 Å². The van der Waals surface area contributed by atoms with Crippen molar-refractivity contribution in [2.75, 3.05) is 18.5 Å². The minimum absolute atomic E-state index is 0.0696. The van der Waals surface area contributed by atoms with Gasteiger partial charge < -0.3 is 19.4 Å². The standard InChI is InChI=1S/C21H23N3O3/c1-3-14-7-5-6-8-15(14)23-21(25)13-24-17-12-19-18(26-9-10-27-19)11-16(17)22-20(24)4-2/h5-8,11-12H,3-4,9-10,13H2,1-2H3,(H,23,25). The SMILES string of the molecule is CCc1ccccc1NC(=O)Cn1c(CC)nc2cc3c(cc21)OCCO3. The number of rotatable bonds is 5. The fraction of sp³-hybridized carbons (Fsp3) is 0.333. The summed E-state index contributed by atoms with van der Waals surface area (Å²) in [6, 6.07) is 11.7. The summed E-state index contributed by atoms with van der Waals surface area (Å²) >= 11 is 0. The van der Waals surface area contributed by atoms with Gasteiger partial charge in [-0.25, -0.2) is 4.98 Å². The van der Waals surface area contributed by atoms with Gasteiger partial charge in [-0.05, 0) is 18.1 Å². The number of carbonyl (C=O) groups excluding carboxylic acids is 1. The number of anilines is 1. The number of carbonyl (C=O) groups is 1. The summed E-state index contributed by atoms with van der Waals surface area (Å²) in [7, 11) is 0. The largest absolute Gasteiger partial charge is 0.486 e. The molecule has 0 atom stereocenters. The van der Waals surface area contributed by atoms with Crippen LogP contribution in [0.2, 0.25) is 0 Å². The van der Waals surface area contributed by atoms with E-state index >= 15 is 0 Å². The van der Waals surface area contributed by atoms with Crippen molar-refractivity contribution in [3.8, 4) is 11.5 Å². The molecule has 1 aliphatic rings. The molecule has 2 aromatic carbocycles. The Balaban J connectivity index is 1.65. The van der Waals surface area contributed by atoms with Gasteiger partial charge in [0, 0.05) is 24.2 Å². The van der Waals surface area contributed by atoms with Gasteiger partial charge in [-0.3, -0.25) is 4.79 Å². The molecule has 0 aliphatic carbocycles. The summed E-state index contributed by atoms with van der Waals surface area (Å²) < 4.78 is 13.3. The molecule has 0 radical (unpaired) electrons. The summed E-state index contributed by atoms with van der Waals surface area (Å²) in [5, 5.41) is 3.03. The highest BCUT2D eigenvalue weighted by Crippen LogP contribution is 2.34. The Kier molecular flexibility index (Phi) is 4.71. The predicted octanol–water partition coefficient (Wildman–Crippen LogP) is 3.57. The van der Waals surface area contributed by atoms with Crippen molar-refractivity contribution in [1.29, 1.82) is 0 Å². The maximum atomic E-state index is 12.7. The van der Waals surface area contributed by atoms with Gasteiger partial charge in [-0.15, -0.1) is 0 Å². The number of aromatic nitrogens is 2. The van der Waals surface area contributed by atoms with E-state index in [9.17, 15) is 4.79 Å². The van der Waals surface area contributed by atoms with Gasteiger partial charge in [-0.1, -0.05) is 32.0 Å². The Morgan fingerprint density at radius 2 is 1.85 bits per heavy atom. The van der Waals surface area contributed by atoms with E-state index in [-0.39, 0.29) is 12.5 Å². The van der Waals surface area contributed by atoms with Crippen molar-refractivity contribution < 1.29 is 14.3 Å². The molecule has 140 valence electrons. The molecule has 27 heavy (non-hydrogen) atoms. The molecule has 0 spiro atoms. The number of amides is 1. The minimum atomic E-state index is -0.0696. The van der Waals surface area contributed by atoms with E-state index in [0.717, 1.165) is 41.0 Å². The molecule has 0 bridgehead atoms. The second-order valence-corrected chi connectivity index (χ2v) is 6.51. The van der Waals surface area contributed by atoms with Gasteiger partial charge in [0.1, 0.15) is 25.6 Å². The fourth-order valence-corrected chi connectivity index (χ4v) is 3.44. The molecule has 0 unspecified atom stereocenters. The third-order valence-corrected chi connectivity index (χ3v) is 4.78. The summed E-state index contributed by atoms with van der Waals surface area (Å²) in [5.74, 6) is 2.21. The van der Waals surface area contributed by atoms with E-state index < -0.39 is 0 Å². The molecular weight excluding hydrogens is 342 g/mol. The number of para-hydroxylation sites is 1. The second kappa shape index (κ2) is 7.31. The number of hydrogen-bond acceptors (Lipinski definition) is 4.